The van der Waals surface area contributed by atoms with Gasteiger partial charge in [-0.05, 0) is 37.1 Å². The van der Waals surface area contributed by atoms with E-state index >= 15 is 0 Å². The lowest BCUT2D eigenvalue weighted by atomic mass is 10.1. The molecule has 0 amide bonds. The SMILES string of the molecule is Cc1cc(N)cc(C)c1S(=O)(=O)N(CCC#N)CCC#N. The molecule has 0 aromatic heterocycles. The van der Waals surface area contributed by atoms with Crippen LogP contribution in [0.25, 0.3) is 0 Å². The maximum absolute atomic E-state index is 12.8. The molecule has 0 saturated carbocycles. The van der Waals surface area contributed by atoms with Gasteiger partial charge in [-0.1, -0.05) is 0 Å². The molecule has 112 valence electrons. The second-order valence-corrected chi connectivity index (χ2v) is 6.58. The van der Waals surface area contributed by atoms with Crippen LogP contribution >= 0.6 is 0 Å². The first kappa shape index (κ1) is 17.0. The molecule has 0 radical (unpaired) electrons. The van der Waals surface area contributed by atoms with Crippen LogP contribution in [0.2, 0.25) is 0 Å². The lowest BCUT2D eigenvalue weighted by molar-refractivity contribution is 0.424. The molecule has 1 aromatic carbocycles. The van der Waals surface area contributed by atoms with E-state index in [-0.39, 0.29) is 30.8 Å². The molecule has 0 saturated heterocycles. The lowest BCUT2D eigenvalue weighted by Gasteiger charge is -2.22. The van der Waals surface area contributed by atoms with Crippen molar-refractivity contribution in [2.45, 2.75) is 31.6 Å². The fourth-order valence-corrected chi connectivity index (χ4v) is 4.07. The van der Waals surface area contributed by atoms with Gasteiger partial charge >= 0.3 is 0 Å². The van der Waals surface area contributed by atoms with E-state index in [0.29, 0.717) is 16.8 Å². The summed E-state index contributed by atoms with van der Waals surface area (Å²) in [5.74, 6) is 0. The molecule has 0 aliphatic carbocycles. The third-order valence-corrected chi connectivity index (χ3v) is 5.23. The highest BCUT2D eigenvalue weighted by Gasteiger charge is 2.27. The Bertz CT molecular complexity index is 658. The number of hydrogen-bond donors (Lipinski definition) is 1. The molecular weight excluding hydrogens is 288 g/mol. The molecule has 7 heteroatoms. The molecule has 0 aliphatic rings. The maximum Gasteiger partial charge on any atom is 0.243 e. The summed E-state index contributed by atoms with van der Waals surface area (Å²) in [6.45, 7) is 3.51. The van der Waals surface area contributed by atoms with E-state index in [4.69, 9.17) is 16.3 Å². The van der Waals surface area contributed by atoms with Crippen molar-refractivity contribution in [3.63, 3.8) is 0 Å². The van der Waals surface area contributed by atoms with E-state index in [1.165, 1.54) is 4.31 Å². The first-order valence-electron chi connectivity index (χ1n) is 6.45. The molecule has 0 spiro atoms. The zero-order valence-electron chi connectivity index (χ0n) is 12.1. The molecule has 0 aliphatic heterocycles. The van der Waals surface area contributed by atoms with Gasteiger partial charge in [0.25, 0.3) is 0 Å². The second-order valence-electron chi connectivity index (χ2n) is 4.70. The number of benzene rings is 1. The van der Waals surface area contributed by atoms with Gasteiger partial charge in [-0.25, -0.2) is 8.42 Å². The van der Waals surface area contributed by atoms with E-state index in [1.54, 1.807) is 26.0 Å². The van der Waals surface area contributed by atoms with Crippen molar-refractivity contribution in [3.8, 4) is 12.1 Å². The van der Waals surface area contributed by atoms with Gasteiger partial charge in [0.15, 0.2) is 0 Å². The van der Waals surface area contributed by atoms with Crippen molar-refractivity contribution < 1.29 is 8.42 Å². The largest absolute Gasteiger partial charge is 0.399 e. The number of nitrogens with zero attached hydrogens (tertiary/aromatic N) is 3. The van der Waals surface area contributed by atoms with Crippen LogP contribution in [0.5, 0.6) is 0 Å². The molecule has 21 heavy (non-hydrogen) atoms. The average molecular weight is 306 g/mol. The summed E-state index contributed by atoms with van der Waals surface area (Å²) < 4.78 is 26.7. The van der Waals surface area contributed by atoms with Gasteiger partial charge in [-0.3, -0.25) is 0 Å². The summed E-state index contributed by atoms with van der Waals surface area (Å²) in [6, 6.07) is 7.06. The Kier molecular flexibility index (Phi) is 5.71. The number of anilines is 1. The van der Waals surface area contributed by atoms with Gasteiger partial charge in [-0.2, -0.15) is 14.8 Å². The molecule has 2 N–H and O–H groups in total. The predicted molar refractivity (Wildman–Crippen MR) is 79.5 cm³/mol. The molecule has 0 heterocycles. The summed E-state index contributed by atoms with van der Waals surface area (Å²) in [6.07, 6.45) is 0.162. The second kappa shape index (κ2) is 7.07. The number of nitrogens with two attached hydrogens (primary N) is 1. The van der Waals surface area contributed by atoms with Crippen LogP contribution in [0.4, 0.5) is 5.69 Å². The van der Waals surface area contributed by atoms with E-state index in [0.717, 1.165) is 0 Å². The third-order valence-electron chi connectivity index (χ3n) is 3.03. The Balaban J connectivity index is 3.29. The number of hydrogen-bond acceptors (Lipinski definition) is 5. The first-order valence-corrected chi connectivity index (χ1v) is 7.89. The zero-order chi connectivity index (χ0) is 16.0. The minimum absolute atomic E-state index is 0.0732. The van der Waals surface area contributed by atoms with E-state index < -0.39 is 10.0 Å². The van der Waals surface area contributed by atoms with Gasteiger partial charge in [0.1, 0.15) is 0 Å². The van der Waals surface area contributed by atoms with Gasteiger partial charge in [0.2, 0.25) is 10.0 Å². The van der Waals surface area contributed by atoms with Crippen molar-refractivity contribution in [1.82, 2.24) is 4.31 Å². The van der Waals surface area contributed by atoms with Crippen molar-refractivity contribution in [1.29, 1.82) is 10.5 Å². The molecule has 1 aromatic rings. The van der Waals surface area contributed by atoms with Crippen molar-refractivity contribution in [2.75, 3.05) is 18.8 Å². The minimum Gasteiger partial charge on any atom is -0.399 e. The number of nitriles is 2. The summed E-state index contributed by atoms with van der Waals surface area (Å²) in [5, 5.41) is 17.3. The summed E-state index contributed by atoms with van der Waals surface area (Å²) in [7, 11) is -3.75. The summed E-state index contributed by atoms with van der Waals surface area (Å²) in [5.41, 5.74) is 7.34. The highest BCUT2D eigenvalue weighted by atomic mass is 32.2. The molecule has 1 rings (SSSR count). The lowest BCUT2D eigenvalue weighted by Crippen LogP contribution is -2.33. The highest BCUT2D eigenvalue weighted by Crippen LogP contribution is 2.26. The Labute approximate surface area is 125 Å². The van der Waals surface area contributed by atoms with Crippen molar-refractivity contribution in [2.24, 2.45) is 0 Å². The van der Waals surface area contributed by atoms with Crippen molar-refractivity contribution in [3.05, 3.63) is 23.3 Å². The normalized spacial score (nSPS) is 11.1. The minimum atomic E-state index is -3.75. The molecule has 0 bridgehead atoms. The highest BCUT2D eigenvalue weighted by molar-refractivity contribution is 7.89. The van der Waals surface area contributed by atoms with Gasteiger partial charge < -0.3 is 5.73 Å². The topological polar surface area (TPSA) is 111 Å². The molecule has 0 fully saturated rings. The first-order chi connectivity index (χ1) is 9.84. The van der Waals surface area contributed by atoms with Crippen LogP contribution in [0.15, 0.2) is 17.0 Å². The molecule has 0 atom stereocenters. The van der Waals surface area contributed by atoms with Crippen LogP contribution in [0, 0.1) is 36.5 Å². The van der Waals surface area contributed by atoms with E-state index in [1.807, 2.05) is 12.1 Å². The number of sulfonamides is 1. The number of rotatable bonds is 6. The third kappa shape index (κ3) is 3.94. The van der Waals surface area contributed by atoms with Crippen LogP contribution in [0.1, 0.15) is 24.0 Å². The van der Waals surface area contributed by atoms with Crippen LogP contribution < -0.4 is 5.73 Å². The Morgan fingerprint density at radius 3 is 1.90 bits per heavy atom. The fourth-order valence-electron chi connectivity index (χ4n) is 2.22. The number of nitrogen functional groups attached to an aromatic ring is 1. The van der Waals surface area contributed by atoms with Gasteiger partial charge in [0.05, 0.1) is 17.0 Å². The number of aryl methyl sites for hydroxylation is 2. The Hall–Kier alpha value is -2.09. The smallest absolute Gasteiger partial charge is 0.243 e. The van der Waals surface area contributed by atoms with Gasteiger partial charge in [-0.15, -0.1) is 0 Å². The summed E-state index contributed by atoms with van der Waals surface area (Å²) >= 11 is 0. The molecule has 0 unspecified atom stereocenters. The molecule has 6 nitrogen and oxygen atoms in total. The van der Waals surface area contributed by atoms with E-state index in [9.17, 15) is 8.42 Å². The standard InChI is InChI=1S/C14H18N4O2S/c1-11-9-13(17)10-12(2)14(11)21(19,20)18(7-3-5-15)8-4-6-16/h9-10H,3-4,7-8,17H2,1-2H3. The Morgan fingerprint density at radius 2 is 1.52 bits per heavy atom. The monoisotopic (exact) mass is 306 g/mol. The quantitative estimate of drug-likeness (QED) is 0.804. The fraction of sp³-hybridized carbons (Fsp3) is 0.429. The van der Waals surface area contributed by atoms with Crippen LogP contribution in [-0.4, -0.2) is 25.8 Å². The summed E-state index contributed by atoms with van der Waals surface area (Å²) in [4.78, 5) is 0.201. The maximum atomic E-state index is 12.8. The Morgan fingerprint density at radius 1 is 1.10 bits per heavy atom. The van der Waals surface area contributed by atoms with Crippen molar-refractivity contribution >= 4 is 15.7 Å². The van der Waals surface area contributed by atoms with E-state index in [2.05, 4.69) is 0 Å². The average Bonchev–Trinajstić information content (AvgIpc) is 2.36. The predicted octanol–water partition coefficient (Wildman–Crippen LogP) is 1.70. The van der Waals surface area contributed by atoms with Crippen LogP contribution in [-0.2, 0) is 10.0 Å². The zero-order valence-corrected chi connectivity index (χ0v) is 12.9. The van der Waals surface area contributed by atoms with Crippen LogP contribution in [0.3, 0.4) is 0 Å². The molecular formula is C14H18N4O2S. The van der Waals surface area contributed by atoms with Gasteiger partial charge in [0, 0.05) is 31.6 Å².